The lowest BCUT2D eigenvalue weighted by molar-refractivity contribution is -0.143. The summed E-state index contributed by atoms with van der Waals surface area (Å²) in [5.41, 5.74) is 4.67. The number of carboxylic acid groups (broad SMARTS) is 1. The summed E-state index contributed by atoms with van der Waals surface area (Å²) in [5.74, 6) is -0.777. The van der Waals surface area contributed by atoms with Crippen LogP contribution in [-0.2, 0) is 4.79 Å². The normalized spacial score (nSPS) is 16.8. The Morgan fingerprint density at radius 3 is 2.21 bits per heavy atom. The number of hydrogen-bond acceptors (Lipinski definition) is 3. The molecule has 0 aliphatic carbocycles. The van der Waals surface area contributed by atoms with Crippen LogP contribution in [0.15, 0.2) is 48.5 Å². The van der Waals surface area contributed by atoms with Crippen molar-refractivity contribution in [3.8, 4) is 0 Å². The maximum absolute atomic E-state index is 11.8. The third-order valence-corrected chi connectivity index (χ3v) is 4.88. The molecule has 4 nitrogen and oxygen atoms in total. The molecule has 1 saturated heterocycles. The summed E-state index contributed by atoms with van der Waals surface area (Å²) in [4.78, 5) is 16.2. The van der Waals surface area contributed by atoms with Gasteiger partial charge in [0.25, 0.3) is 0 Å². The van der Waals surface area contributed by atoms with Gasteiger partial charge in [-0.05, 0) is 42.7 Å². The monoisotopic (exact) mass is 324 g/mol. The number of rotatable bonds is 4. The lowest BCUT2D eigenvalue weighted by atomic mass is 10.0. The number of nitrogens with zero attached hydrogens (tertiary/aromatic N) is 2. The van der Waals surface area contributed by atoms with Gasteiger partial charge in [-0.1, -0.05) is 36.4 Å². The zero-order chi connectivity index (χ0) is 17.1. The number of anilines is 1. The third-order valence-electron chi connectivity index (χ3n) is 4.88. The lowest BCUT2D eigenvalue weighted by Crippen LogP contribution is -2.49. The van der Waals surface area contributed by atoms with E-state index >= 15 is 0 Å². The molecule has 3 rings (SSSR count). The van der Waals surface area contributed by atoms with E-state index in [-0.39, 0.29) is 0 Å². The summed E-state index contributed by atoms with van der Waals surface area (Å²) >= 11 is 0. The summed E-state index contributed by atoms with van der Waals surface area (Å²) < 4.78 is 0. The molecule has 1 heterocycles. The highest BCUT2D eigenvalue weighted by molar-refractivity contribution is 5.75. The molecule has 1 atom stereocenters. The minimum Gasteiger partial charge on any atom is -0.480 e. The number of carbonyl (C=O) groups is 1. The summed E-state index contributed by atoms with van der Waals surface area (Å²) in [7, 11) is 0. The van der Waals surface area contributed by atoms with Crippen molar-refractivity contribution in [3.63, 3.8) is 0 Å². The standard InChI is InChI=1S/C20H24N2O2/c1-15-8-9-18(14-16(15)2)21-10-12-22(13-11-21)19(20(23)24)17-6-4-3-5-7-17/h3-9,14,19H,10-13H2,1-2H3,(H,23,24)/t19-/m1/s1. The molecule has 2 aromatic rings. The van der Waals surface area contributed by atoms with E-state index in [1.54, 1.807) is 0 Å². The molecular formula is C20H24N2O2. The number of aliphatic carboxylic acids is 1. The Morgan fingerprint density at radius 1 is 0.958 bits per heavy atom. The molecule has 4 heteroatoms. The van der Waals surface area contributed by atoms with Gasteiger partial charge in [0.15, 0.2) is 0 Å². The Balaban J connectivity index is 1.71. The average Bonchev–Trinajstić information content (AvgIpc) is 2.59. The molecule has 1 fully saturated rings. The highest BCUT2D eigenvalue weighted by atomic mass is 16.4. The van der Waals surface area contributed by atoms with Crippen molar-refractivity contribution in [1.82, 2.24) is 4.90 Å². The van der Waals surface area contributed by atoms with Gasteiger partial charge < -0.3 is 10.0 Å². The number of carboxylic acids is 1. The van der Waals surface area contributed by atoms with Gasteiger partial charge >= 0.3 is 5.97 Å². The molecule has 126 valence electrons. The molecule has 0 unspecified atom stereocenters. The zero-order valence-corrected chi connectivity index (χ0v) is 14.3. The molecule has 24 heavy (non-hydrogen) atoms. The van der Waals surface area contributed by atoms with Crippen molar-refractivity contribution in [2.24, 2.45) is 0 Å². The molecule has 0 radical (unpaired) electrons. The maximum atomic E-state index is 11.8. The van der Waals surface area contributed by atoms with Gasteiger partial charge in [0.05, 0.1) is 0 Å². The van der Waals surface area contributed by atoms with E-state index in [9.17, 15) is 9.90 Å². The van der Waals surface area contributed by atoms with Crippen LogP contribution < -0.4 is 4.90 Å². The van der Waals surface area contributed by atoms with E-state index in [0.717, 1.165) is 31.7 Å². The first-order valence-electron chi connectivity index (χ1n) is 8.40. The van der Waals surface area contributed by atoms with E-state index < -0.39 is 12.0 Å². The van der Waals surface area contributed by atoms with Crippen LogP contribution in [0.1, 0.15) is 22.7 Å². The second-order valence-electron chi connectivity index (χ2n) is 6.44. The number of hydrogen-bond donors (Lipinski definition) is 1. The Bertz CT molecular complexity index is 707. The maximum Gasteiger partial charge on any atom is 0.325 e. The Hall–Kier alpha value is -2.33. The largest absolute Gasteiger partial charge is 0.480 e. The van der Waals surface area contributed by atoms with Crippen LogP contribution in [0, 0.1) is 13.8 Å². The van der Waals surface area contributed by atoms with Crippen molar-refractivity contribution in [1.29, 1.82) is 0 Å². The molecule has 0 amide bonds. The average molecular weight is 324 g/mol. The summed E-state index contributed by atoms with van der Waals surface area (Å²) in [5, 5.41) is 9.67. The summed E-state index contributed by atoms with van der Waals surface area (Å²) in [6.07, 6.45) is 0. The number of piperazine rings is 1. The minimum atomic E-state index is -0.777. The fourth-order valence-corrected chi connectivity index (χ4v) is 3.31. The Morgan fingerprint density at radius 2 is 1.62 bits per heavy atom. The van der Waals surface area contributed by atoms with Gasteiger partial charge in [0.2, 0.25) is 0 Å². The number of aryl methyl sites for hydroxylation is 2. The van der Waals surface area contributed by atoms with Crippen LogP contribution in [0.25, 0.3) is 0 Å². The first-order chi connectivity index (χ1) is 11.6. The second-order valence-corrected chi connectivity index (χ2v) is 6.44. The SMILES string of the molecule is Cc1ccc(N2CCN([C@@H](C(=O)O)c3ccccc3)CC2)cc1C. The molecular weight excluding hydrogens is 300 g/mol. The Labute approximate surface area is 143 Å². The van der Waals surface area contributed by atoms with Crippen molar-refractivity contribution < 1.29 is 9.90 Å². The van der Waals surface area contributed by atoms with Gasteiger partial charge in [0, 0.05) is 31.9 Å². The van der Waals surface area contributed by atoms with E-state index in [1.165, 1.54) is 16.8 Å². The molecule has 2 aromatic carbocycles. The van der Waals surface area contributed by atoms with Crippen LogP contribution >= 0.6 is 0 Å². The van der Waals surface area contributed by atoms with E-state index in [0.29, 0.717) is 0 Å². The minimum absolute atomic E-state index is 0.562. The van der Waals surface area contributed by atoms with Crippen molar-refractivity contribution in [2.75, 3.05) is 31.1 Å². The van der Waals surface area contributed by atoms with Crippen LogP contribution in [0.2, 0.25) is 0 Å². The van der Waals surface area contributed by atoms with Crippen molar-refractivity contribution in [2.45, 2.75) is 19.9 Å². The van der Waals surface area contributed by atoms with Crippen molar-refractivity contribution >= 4 is 11.7 Å². The van der Waals surface area contributed by atoms with Crippen LogP contribution in [0.4, 0.5) is 5.69 Å². The van der Waals surface area contributed by atoms with Crippen molar-refractivity contribution in [3.05, 3.63) is 65.2 Å². The summed E-state index contributed by atoms with van der Waals surface area (Å²) in [6.45, 7) is 7.44. The molecule has 1 aliphatic heterocycles. The molecule has 0 spiro atoms. The predicted molar refractivity (Wildman–Crippen MR) is 96.5 cm³/mol. The quantitative estimate of drug-likeness (QED) is 0.937. The van der Waals surface area contributed by atoms with Gasteiger partial charge in [-0.25, -0.2) is 0 Å². The fourth-order valence-electron chi connectivity index (χ4n) is 3.31. The van der Waals surface area contributed by atoms with E-state index in [2.05, 4.69) is 41.8 Å². The van der Waals surface area contributed by atoms with Crippen LogP contribution in [-0.4, -0.2) is 42.2 Å². The second kappa shape index (κ2) is 7.05. The number of benzene rings is 2. The highest BCUT2D eigenvalue weighted by Gasteiger charge is 2.30. The topological polar surface area (TPSA) is 43.8 Å². The first-order valence-corrected chi connectivity index (χ1v) is 8.40. The van der Waals surface area contributed by atoms with Gasteiger partial charge in [-0.15, -0.1) is 0 Å². The molecule has 1 aliphatic rings. The van der Waals surface area contributed by atoms with Crippen LogP contribution in [0.5, 0.6) is 0 Å². The highest BCUT2D eigenvalue weighted by Crippen LogP contribution is 2.25. The molecule has 0 aromatic heterocycles. The van der Waals surface area contributed by atoms with E-state index in [1.807, 2.05) is 30.3 Å². The molecule has 0 saturated carbocycles. The Kier molecular flexibility index (Phi) is 4.86. The fraction of sp³-hybridized carbons (Fsp3) is 0.350. The first kappa shape index (κ1) is 16.5. The van der Waals surface area contributed by atoms with E-state index in [4.69, 9.17) is 0 Å². The zero-order valence-electron chi connectivity index (χ0n) is 14.3. The van der Waals surface area contributed by atoms with Gasteiger partial charge in [-0.2, -0.15) is 0 Å². The summed E-state index contributed by atoms with van der Waals surface area (Å²) in [6, 6.07) is 15.5. The van der Waals surface area contributed by atoms with Gasteiger partial charge in [-0.3, -0.25) is 9.69 Å². The van der Waals surface area contributed by atoms with Crippen LogP contribution in [0.3, 0.4) is 0 Å². The molecule has 0 bridgehead atoms. The molecule has 1 N–H and O–H groups in total. The lowest BCUT2D eigenvalue weighted by Gasteiger charge is -2.39. The van der Waals surface area contributed by atoms with Gasteiger partial charge in [0.1, 0.15) is 6.04 Å². The third kappa shape index (κ3) is 3.44. The predicted octanol–water partition coefficient (Wildman–Crippen LogP) is 3.25. The smallest absolute Gasteiger partial charge is 0.325 e.